The van der Waals surface area contributed by atoms with Gasteiger partial charge in [0.2, 0.25) is 5.91 Å². The number of carbonyl (C=O) groups is 1. The van der Waals surface area contributed by atoms with Crippen molar-refractivity contribution in [1.29, 1.82) is 0 Å². The van der Waals surface area contributed by atoms with Gasteiger partial charge in [-0.3, -0.25) is 4.79 Å². The summed E-state index contributed by atoms with van der Waals surface area (Å²) >= 11 is 0. The molecule has 3 N–H and O–H groups in total. The Balaban J connectivity index is 1.80. The van der Waals surface area contributed by atoms with Crippen LogP contribution in [0.25, 0.3) is 0 Å². The molecule has 17 heavy (non-hydrogen) atoms. The molecule has 4 heteroatoms. The van der Waals surface area contributed by atoms with E-state index in [1.54, 1.807) is 7.11 Å². The van der Waals surface area contributed by atoms with Crippen molar-refractivity contribution in [3.05, 3.63) is 0 Å². The van der Waals surface area contributed by atoms with E-state index in [4.69, 9.17) is 10.5 Å². The molecule has 0 aliphatic heterocycles. The molecule has 0 aromatic heterocycles. The zero-order valence-electron chi connectivity index (χ0n) is 10.7. The van der Waals surface area contributed by atoms with E-state index in [9.17, 15) is 4.79 Å². The van der Waals surface area contributed by atoms with Gasteiger partial charge in [0.1, 0.15) is 0 Å². The predicted molar refractivity (Wildman–Crippen MR) is 66.5 cm³/mol. The second-order valence-corrected chi connectivity index (χ2v) is 5.43. The second-order valence-electron chi connectivity index (χ2n) is 5.43. The molecule has 2 aliphatic rings. The van der Waals surface area contributed by atoms with E-state index in [-0.39, 0.29) is 24.0 Å². The van der Waals surface area contributed by atoms with Crippen molar-refractivity contribution in [1.82, 2.24) is 5.32 Å². The number of rotatable bonds is 3. The van der Waals surface area contributed by atoms with Crippen molar-refractivity contribution in [3.8, 4) is 0 Å². The fraction of sp³-hybridized carbons (Fsp3) is 0.923. The summed E-state index contributed by atoms with van der Waals surface area (Å²) in [5.41, 5.74) is 5.85. The molecule has 0 saturated heterocycles. The zero-order chi connectivity index (χ0) is 12.3. The highest BCUT2D eigenvalue weighted by molar-refractivity contribution is 5.79. The average Bonchev–Trinajstić information content (AvgIpc) is 2.77. The first-order chi connectivity index (χ1) is 8.20. The van der Waals surface area contributed by atoms with Gasteiger partial charge in [0.25, 0.3) is 0 Å². The van der Waals surface area contributed by atoms with Crippen molar-refractivity contribution in [2.45, 2.75) is 63.1 Å². The van der Waals surface area contributed by atoms with Crippen molar-refractivity contribution < 1.29 is 9.53 Å². The van der Waals surface area contributed by atoms with Gasteiger partial charge in [-0.1, -0.05) is 0 Å². The van der Waals surface area contributed by atoms with Gasteiger partial charge in [-0.2, -0.15) is 0 Å². The van der Waals surface area contributed by atoms with Crippen LogP contribution in [-0.4, -0.2) is 31.2 Å². The van der Waals surface area contributed by atoms with Gasteiger partial charge in [-0.25, -0.2) is 0 Å². The Hall–Kier alpha value is -0.610. The van der Waals surface area contributed by atoms with E-state index in [1.165, 1.54) is 0 Å². The van der Waals surface area contributed by atoms with Crippen molar-refractivity contribution in [2.75, 3.05) is 7.11 Å². The van der Waals surface area contributed by atoms with Crippen LogP contribution in [-0.2, 0) is 9.53 Å². The van der Waals surface area contributed by atoms with E-state index in [0.717, 1.165) is 44.9 Å². The van der Waals surface area contributed by atoms with Crippen molar-refractivity contribution in [2.24, 2.45) is 11.7 Å². The molecule has 0 bridgehead atoms. The summed E-state index contributed by atoms with van der Waals surface area (Å²) in [6.07, 6.45) is 7.33. The average molecular weight is 240 g/mol. The molecule has 2 saturated carbocycles. The van der Waals surface area contributed by atoms with Crippen LogP contribution in [0.3, 0.4) is 0 Å². The molecular weight excluding hydrogens is 216 g/mol. The Morgan fingerprint density at radius 1 is 1.18 bits per heavy atom. The van der Waals surface area contributed by atoms with Gasteiger partial charge in [0, 0.05) is 19.1 Å². The number of ether oxygens (including phenoxy) is 1. The first kappa shape index (κ1) is 12.8. The van der Waals surface area contributed by atoms with Crippen LogP contribution in [0, 0.1) is 5.92 Å². The number of amides is 1. The third-order valence-corrected chi connectivity index (χ3v) is 4.23. The molecule has 98 valence electrons. The minimum Gasteiger partial charge on any atom is -0.379 e. The number of hydrogen-bond donors (Lipinski definition) is 2. The lowest BCUT2D eigenvalue weighted by Crippen LogP contribution is -2.44. The van der Waals surface area contributed by atoms with Crippen LogP contribution in [0.1, 0.15) is 44.9 Å². The first-order valence-corrected chi connectivity index (χ1v) is 6.79. The maximum absolute atomic E-state index is 12.1. The van der Waals surface area contributed by atoms with Gasteiger partial charge in [-0.05, 0) is 44.9 Å². The first-order valence-electron chi connectivity index (χ1n) is 6.79. The molecule has 0 aromatic carbocycles. The zero-order valence-corrected chi connectivity index (χ0v) is 10.7. The van der Waals surface area contributed by atoms with E-state index < -0.39 is 0 Å². The van der Waals surface area contributed by atoms with Crippen molar-refractivity contribution in [3.63, 3.8) is 0 Å². The van der Waals surface area contributed by atoms with E-state index >= 15 is 0 Å². The number of carbonyl (C=O) groups excluding carboxylic acids is 1. The summed E-state index contributed by atoms with van der Waals surface area (Å²) in [6.45, 7) is 0. The molecule has 0 aromatic rings. The van der Waals surface area contributed by atoms with E-state index in [2.05, 4.69) is 5.32 Å². The van der Waals surface area contributed by atoms with Crippen LogP contribution in [0.15, 0.2) is 0 Å². The largest absolute Gasteiger partial charge is 0.379 e. The van der Waals surface area contributed by atoms with Gasteiger partial charge in [0.05, 0.1) is 12.1 Å². The Bertz CT molecular complexity index is 262. The number of nitrogens with one attached hydrogen (secondary N) is 1. The highest BCUT2D eigenvalue weighted by atomic mass is 16.5. The fourth-order valence-corrected chi connectivity index (χ4v) is 3.06. The standard InChI is InChI=1S/C13H24N2O2/c1-17-12-4-2-3-11(12)15-13(16)9-5-7-10(14)8-6-9/h9-12H,2-8,14H2,1H3,(H,15,16). The lowest BCUT2D eigenvalue weighted by molar-refractivity contribution is -0.127. The lowest BCUT2D eigenvalue weighted by atomic mass is 9.86. The summed E-state index contributed by atoms with van der Waals surface area (Å²) in [5.74, 6) is 0.388. The van der Waals surface area contributed by atoms with Gasteiger partial charge in [0.15, 0.2) is 0 Å². The topological polar surface area (TPSA) is 64.3 Å². The fourth-order valence-electron chi connectivity index (χ4n) is 3.06. The number of nitrogens with two attached hydrogens (primary N) is 1. The monoisotopic (exact) mass is 240 g/mol. The molecular formula is C13H24N2O2. The molecule has 2 atom stereocenters. The van der Waals surface area contributed by atoms with Crippen LogP contribution in [0.2, 0.25) is 0 Å². The van der Waals surface area contributed by atoms with Gasteiger partial charge >= 0.3 is 0 Å². The highest BCUT2D eigenvalue weighted by Crippen LogP contribution is 2.26. The molecule has 0 heterocycles. The lowest BCUT2D eigenvalue weighted by Gasteiger charge is -2.27. The summed E-state index contributed by atoms with van der Waals surface area (Å²) in [6, 6.07) is 0.528. The predicted octanol–water partition coefficient (Wildman–Crippen LogP) is 1.19. The summed E-state index contributed by atoms with van der Waals surface area (Å²) in [7, 11) is 1.73. The molecule has 2 aliphatic carbocycles. The SMILES string of the molecule is COC1CCCC1NC(=O)C1CCC(N)CC1. The third-order valence-electron chi connectivity index (χ3n) is 4.23. The maximum Gasteiger partial charge on any atom is 0.223 e. The van der Waals surface area contributed by atoms with Crippen LogP contribution < -0.4 is 11.1 Å². The van der Waals surface area contributed by atoms with Gasteiger partial charge in [-0.15, -0.1) is 0 Å². The Labute approximate surface area is 103 Å². The normalized spacial score (nSPS) is 38.0. The third kappa shape index (κ3) is 3.19. The van der Waals surface area contributed by atoms with E-state index in [0.29, 0.717) is 6.04 Å². The molecule has 0 spiro atoms. The molecule has 2 rings (SSSR count). The van der Waals surface area contributed by atoms with Crippen LogP contribution in [0.5, 0.6) is 0 Å². The molecule has 4 nitrogen and oxygen atoms in total. The van der Waals surface area contributed by atoms with Crippen molar-refractivity contribution >= 4 is 5.91 Å². The Morgan fingerprint density at radius 3 is 2.53 bits per heavy atom. The minimum absolute atomic E-state index is 0.174. The summed E-state index contributed by atoms with van der Waals surface area (Å²) in [5, 5.41) is 3.16. The quantitative estimate of drug-likeness (QED) is 0.779. The van der Waals surface area contributed by atoms with Crippen LogP contribution in [0.4, 0.5) is 0 Å². The molecule has 0 radical (unpaired) electrons. The Kier molecular flexibility index (Phi) is 4.40. The molecule has 2 fully saturated rings. The minimum atomic E-state index is 0.174. The molecule has 1 amide bonds. The highest BCUT2D eigenvalue weighted by Gasteiger charge is 2.31. The van der Waals surface area contributed by atoms with Gasteiger partial charge < -0.3 is 15.8 Å². The Morgan fingerprint density at radius 2 is 1.88 bits per heavy atom. The van der Waals surface area contributed by atoms with E-state index in [1.807, 2.05) is 0 Å². The number of hydrogen-bond acceptors (Lipinski definition) is 3. The summed E-state index contributed by atoms with van der Waals surface area (Å²) < 4.78 is 5.39. The maximum atomic E-state index is 12.1. The molecule has 2 unspecified atom stereocenters. The smallest absolute Gasteiger partial charge is 0.223 e. The number of methoxy groups -OCH3 is 1. The summed E-state index contributed by atoms with van der Waals surface area (Å²) in [4.78, 5) is 12.1. The second kappa shape index (κ2) is 5.83. The van der Waals surface area contributed by atoms with Crippen LogP contribution >= 0.6 is 0 Å².